The van der Waals surface area contributed by atoms with E-state index in [-0.39, 0.29) is 40.4 Å². The van der Waals surface area contributed by atoms with Gasteiger partial charge in [0.1, 0.15) is 0 Å². The molecule has 0 aliphatic carbocycles. The minimum absolute atomic E-state index is 0.0772. The summed E-state index contributed by atoms with van der Waals surface area (Å²) in [6.45, 7) is 5.76. The number of rotatable bonds is 8. The Bertz CT molecular complexity index is 1000. The number of carbonyl (C=O) groups is 2. The van der Waals surface area contributed by atoms with Crippen molar-refractivity contribution >= 4 is 27.3 Å². The number of anilines is 1. The highest BCUT2D eigenvalue weighted by molar-refractivity contribution is 7.91. The van der Waals surface area contributed by atoms with Gasteiger partial charge in [0.2, 0.25) is 5.91 Å². The fourth-order valence-electron chi connectivity index (χ4n) is 2.91. The SMILES string of the molecule is CNC(=O)CCC(C)CS(=O)(=O)c1cccc(C(=O)Nc2ccc(C)c(C)c2)c1. The summed E-state index contributed by atoms with van der Waals surface area (Å²) in [5, 5.41) is 5.34. The van der Waals surface area contributed by atoms with E-state index in [9.17, 15) is 18.0 Å². The van der Waals surface area contributed by atoms with Gasteiger partial charge < -0.3 is 10.6 Å². The molecule has 2 aromatic carbocycles. The van der Waals surface area contributed by atoms with Gasteiger partial charge in [-0.2, -0.15) is 0 Å². The Kier molecular flexibility index (Phi) is 7.56. The summed E-state index contributed by atoms with van der Waals surface area (Å²) in [5.74, 6) is -0.728. The number of carbonyl (C=O) groups excluding carboxylic acids is 2. The molecule has 0 spiro atoms. The second kappa shape index (κ2) is 9.69. The molecule has 2 rings (SSSR count). The first kappa shape index (κ1) is 22.6. The van der Waals surface area contributed by atoms with Gasteiger partial charge in [0, 0.05) is 24.7 Å². The third-order valence-corrected chi connectivity index (χ3v) is 6.85. The van der Waals surface area contributed by atoms with Crippen LogP contribution in [0.2, 0.25) is 0 Å². The van der Waals surface area contributed by atoms with Gasteiger partial charge in [-0.1, -0.05) is 19.1 Å². The first-order chi connectivity index (χ1) is 13.6. The van der Waals surface area contributed by atoms with E-state index in [2.05, 4.69) is 10.6 Å². The van der Waals surface area contributed by atoms with Crippen LogP contribution < -0.4 is 10.6 Å². The van der Waals surface area contributed by atoms with Crippen LogP contribution in [0.15, 0.2) is 47.4 Å². The van der Waals surface area contributed by atoms with Crippen molar-refractivity contribution in [3.8, 4) is 0 Å². The minimum Gasteiger partial charge on any atom is -0.359 e. The number of sulfone groups is 1. The molecule has 1 unspecified atom stereocenters. The minimum atomic E-state index is -3.57. The van der Waals surface area contributed by atoms with Crippen LogP contribution in [0.5, 0.6) is 0 Å². The largest absolute Gasteiger partial charge is 0.359 e. The number of aryl methyl sites for hydroxylation is 2. The van der Waals surface area contributed by atoms with Crippen LogP contribution in [0.1, 0.15) is 41.3 Å². The van der Waals surface area contributed by atoms with Crippen molar-refractivity contribution in [2.45, 2.75) is 38.5 Å². The normalized spacial score (nSPS) is 12.3. The van der Waals surface area contributed by atoms with Crippen molar-refractivity contribution < 1.29 is 18.0 Å². The van der Waals surface area contributed by atoms with E-state index < -0.39 is 9.84 Å². The first-order valence-corrected chi connectivity index (χ1v) is 11.2. The maximum atomic E-state index is 12.7. The highest BCUT2D eigenvalue weighted by Crippen LogP contribution is 2.20. The summed E-state index contributed by atoms with van der Waals surface area (Å²) in [7, 11) is -2.01. The third kappa shape index (κ3) is 6.42. The summed E-state index contributed by atoms with van der Waals surface area (Å²) in [6, 6.07) is 11.7. The molecule has 2 aromatic rings. The molecule has 7 heteroatoms. The van der Waals surface area contributed by atoms with E-state index in [1.54, 1.807) is 26.1 Å². The number of amides is 2. The standard InChI is InChI=1S/C22H28N2O4S/c1-15(8-11-21(25)23-4)14-29(27,28)20-7-5-6-18(13-20)22(26)24-19-10-9-16(2)17(3)12-19/h5-7,9-10,12-13,15H,8,11,14H2,1-4H3,(H,23,25)(H,24,26). The predicted octanol–water partition coefficient (Wildman–Crippen LogP) is 3.49. The van der Waals surface area contributed by atoms with Crippen LogP contribution in [-0.2, 0) is 14.6 Å². The van der Waals surface area contributed by atoms with Crippen LogP contribution in [-0.4, -0.2) is 33.0 Å². The molecule has 0 saturated carbocycles. The van der Waals surface area contributed by atoms with Gasteiger partial charge in [-0.15, -0.1) is 0 Å². The molecule has 156 valence electrons. The summed E-state index contributed by atoms with van der Waals surface area (Å²) < 4.78 is 25.5. The Morgan fingerprint density at radius 2 is 1.76 bits per heavy atom. The van der Waals surface area contributed by atoms with Crippen molar-refractivity contribution in [3.63, 3.8) is 0 Å². The molecule has 0 bridgehead atoms. The van der Waals surface area contributed by atoms with Crippen LogP contribution in [0, 0.1) is 19.8 Å². The zero-order valence-electron chi connectivity index (χ0n) is 17.3. The van der Waals surface area contributed by atoms with Crippen molar-refractivity contribution in [2.24, 2.45) is 5.92 Å². The lowest BCUT2D eigenvalue weighted by Crippen LogP contribution is -2.20. The number of hydrogen-bond donors (Lipinski definition) is 2. The lowest BCUT2D eigenvalue weighted by molar-refractivity contribution is -0.120. The van der Waals surface area contributed by atoms with Gasteiger partial charge in [0.15, 0.2) is 9.84 Å². The van der Waals surface area contributed by atoms with Gasteiger partial charge in [-0.05, 0) is 67.6 Å². The number of benzene rings is 2. The lowest BCUT2D eigenvalue weighted by Gasteiger charge is -2.13. The second-order valence-corrected chi connectivity index (χ2v) is 9.41. The molecule has 2 N–H and O–H groups in total. The first-order valence-electron chi connectivity index (χ1n) is 9.54. The topological polar surface area (TPSA) is 92.3 Å². The fourth-order valence-corrected chi connectivity index (χ4v) is 4.61. The van der Waals surface area contributed by atoms with E-state index in [0.717, 1.165) is 11.1 Å². The zero-order chi connectivity index (χ0) is 21.6. The van der Waals surface area contributed by atoms with Crippen LogP contribution in [0.3, 0.4) is 0 Å². The highest BCUT2D eigenvalue weighted by Gasteiger charge is 2.20. The molecular weight excluding hydrogens is 388 g/mol. The van der Waals surface area contributed by atoms with E-state index in [0.29, 0.717) is 12.1 Å². The molecule has 0 saturated heterocycles. The van der Waals surface area contributed by atoms with Crippen LogP contribution in [0.25, 0.3) is 0 Å². The Morgan fingerprint density at radius 3 is 2.41 bits per heavy atom. The monoisotopic (exact) mass is 416 g/mol. The zero-order valence-corrected chi connectivity index (χ0v) is 18.1. The van der Waals surface area contributed by atoms with Crippen molar-refractivity contribution in [2.75, 3.05) is 18.1 Å². The number of hydrogen-bond acceptors (Lipinski definition) is 4. The van der Waals surface area contributed by atoms with Crippen LogP contribution >= 0.6 is 0 Å². The van der Waals surface area contributed by atoms with Crippen molar-refractivity contribution in [1.29, 1.82) is 0 Å². The summed E-state index contributed by atoms with van der Waals surface area (Å²) in [4.78, 5) is 24.0. The van der Waals surface area contributed by atoms with Gasteiger partial charge in [-0.25, -0.2) is 8.42 Å². The molecule has 2 amide bonds. The maximum Gasteiger partial charge on any atom is 0.255 e. The molecule has 0 aromatic heterocycles. The Labute approximate surface area is 172 Å². The maximum absolute atomic E-state index is 12.7. The van der Waals surface area contributed by atoms with Crippen LogP contribution in [0.4, 0.5) is 5.69 Å². The Hall–Kier alpha value is -2.67. The average Bonchev–Trinajstić information content (AvgIpc) is 2.68. The average molecular weight is 417 g/mol. The molecular formula is C22H28N2O4S. The van der Waals surface area contributed by atoms with Gasteiger partial charge in [-0.3, -0.25) is 9.59 Å². The van der Waals surface area contributed by atoms with Gasteiger partial charge in [0.05, 0.1) is 10.6 Å². The molecule has 6 nitrogen and oxygen atoms in total. The van der Waals surface area contributed by atoms with E-state index in [4.69, 9.17) is 0 Å². The quantitative estimate of drug-likeness (QED) is 0.689. The highest BCUT2D eigenvalue weighted by atomic mass is 32.2. The molecule has 0 fully saturated rings. The Balaban J connectivity index is 2.11. The number of nitrogens with one attached hydrogen (secondary N) is 2. The van der Waals surface area contributed by atoms with Crippen molar-refractivity contribution in [3.05, 3.63) is 59.2 Å². The predicted molar refractivity (Wildman–Crippen MR) is 115 cm³/mol. The smallest absolute Gasteiger partial charge is 0.255 e. The van der Waals surface area contributed by atoms with Crippen molar-refractivity contribution in [1.82, 2.24) is 5.32 Å². The Morgan fingerprint density at radius 1 is 1.03 bits per heavy atom. The van der Waals surface area contributed by atoms with E-state index in [1.165, 1.54) is 12.1 Å². The van der Waals surface area contributed by atoms with Gasteiger partial charge >= 0.3 is 0 Å². The summed E-state index contributed by atoms with van der Waals surface area (Å²) in [5.41, 5.74) is 3.13. The van der Waals surface area contributed by atoms with Gasteiger partial charge in [0.25, 0.3) is 5.91 Å². The molecule has 0 aliphatic rings. The molecule has 1 atom stereocenters. The molecule has 0 aliphatic heterocycles. The molecule has 0 heterocycles. The summed E-state index contributed by atoms with van der Waals surface area (Å²) >= 11 is 0. The van der Waals surface area contributed by atoms with E-state index >= 15 is 0 Å². The second-order valence-electron chi connectivity index (χ2n) is 7.38. The lowest BCUT2D eigenvalue weighted by atomic mass is 10.1. The third-order valence-electron chi connectivity index (χ3n) is 4.87. The fraction of sp³-hybridized carbons (Fsp3) is 0.364. The molecule has 29 heavy (non-hydrogen) atoms. The van der Waals surface area contributed by atoms with E-state index in [1.807, 2.05) is 32.0 Å². The summed E-state index contributed by atoms with van der Waals surface area (Å²) in [6.07, 6.45) is 0.761. The molecule has 0 radical (unpaired) electrons.